The van der Waals surface area contributed by atoms with Crippen molar-refractivity contribution in [2.24, 2.45) is 5.92 Å². The minimum Gasteiger partial charge on any atom is -0.379 e. The first-order valence-electron chi connectivity index (χ1n) is 11.3. The summed E-state index contributed by atoms with van der Waals surface area (Å²) >= 11 is 0. The van der Waals surface area contributed by atoms with Gasteiger partial charge in [-0.15, -0.1) is 0 Å². The van der Waals surface area contributed by atoms with Crippen LogP contribution >= 0.6 is 0 Å². The van der Waals surface area contributed by atoms with Crippen LogP contribution in [0.15, 0.2) is 24.3 Å². The van der Waals surface area contributed by atoms with Crippen LogP contribution in [-0.4, -0.2) is 90.6 Å². The average molecular weight is 447 g/mol. The quantitative estimate of drug-likeness (QED) is 0.666. The fourth-order valence-electron chi connectivity index (χ4n) is 4.88. The number of morpholine rings is 1. The lowest BCUT2D eigenvalue weighted by atomic mass is 9.79. The second-order valence-corrected chi connectivity index (χ2v) is 8.97. The topological polar surface area (TPSA) is 82.2 Å². The number of hydrogen-bond acceptors (Lipinski definition) is 5. The Morgan fingerprint density at radius 1 is 1.12 bits per heavy atom. The maximum absolute atomic E-state index is 13.9. The molecule has 1 N–H and O–H groups in total. The number of rotatable bonds is 6. The number of carbonyl (C=O) groups is 3. The number of amides is 4. The maximum Gasteiger partial charge on any atom is 0.325 e. The van der Waals surface area contributed by atoms with Gasteiger partial charge in [-0.2, -0.15) is 0 Å². The van der Waals surface area contributed by atoms with Crippen molar-refractivity contribution >= 4 is 17.8 Å². The average Bonchev–Trinajstić information content (AvgIpc) is 3.03. The molecule has 3 fully saturated rings. The van der Waals surface area contributed by atoms with Gasteiger partial charge in [0.05, 0.1) is 19.6 Å². The molecule has 3 saturated heterocycles. The van der Waals surface area contributed by atoms with Gasteiger partial charge >= 0.3 is 6.03 Å². The molecule has 0 spiro atoms. The number of halogens is 1. The zero-order valence-electron chi connectivity index (χ0n) is 18.5. The second-order valence-electron chi connectivity index (χ2n) is 8.97. The Balaban J connectivity index is 1.31. The number of piperidine rings is 1. The number of hydrogen-bond donors (Lipinski definition) is 1. The monoisotopic (exact) mass is 446 g/mol. The van der Waals surface area contributed by atoms with E-state index in [1.54, 1.807) is 30.0 Å². The van der Waals surface area contributed by atoms with Crippen LogP contribution in [0, 0.1) is 11.7 Å². The fraction of sp³-hybridized carbons (Fsp3) is 0.609. The summed E-state index contributed by atoms with van der Waals surface area (Å²) in [5.74, 6) is -0.732. The Kier molecular flexibility index (Phi) is 6.76. The molecule has 0 radical (unpaired) electrons. The van der Waals surface area contributed by atoms with Gasteiger partial charge in [-0.25, -0.2) is 9.18 Å². The first-order chi connectivity index (χ1) is 15.4. The second kappa shape index (κ2) is 9.54. The van der Waals surface area contributed by atoms with Gasteiger partial charge in [0, 0.05) is 39.3 Å². The van der Waals surface area contributed by atoms with Crippen LogP contribution in [0.1, 0.15) is 25.3 Å². The SMILES string of the molecule is CC1(C2CCN(C(=O)Cc3ccccc3F)CC2)NC(=O)N(CCN2CCOCC2)C1=O. The molecule has 1 aromatic rings. The molecule has 1 atom stereocenters. The van der Waals surface area contributed by atoms with E-state index in [4.69, 9.17) is 4.74 Å². The number of ether oxygens (including phenoxy) is 1. The summed E-state index contributed by atoms with van der Waals surface area (Å²) < 4.78 is 19.2. The number of imide groups is 1. The van der Waals surface area contributed by atoms with Gasteiger partial charge in [0.1, 0.15) is 11.4 Å². The summed E-state index contributed by atoms with van der Waals surface area (Å²) in [7, 11) is 0. The zero-order valence-corrected chi connectivity index (χ0v) is 18.5. The Morgan fingerprint density at radius 2 is 1.81 bits per heavy atom. The van der Waals surface area contributed by atoms with Crippen molar-refractivity contribution in [3.63, 3.8) is 0 Å². The Bertz CT molecular complexity index is 867. The highest BCUT2D eigenvalue weighted by molar-refractivity contribution is 6.07. The van der Waals surface area contributed by atoms with Crippen LogP contribution < -0.4 is 5.32 Å². The van der Waals surface area contributed by atoms with Crippen molar-refractivity contribution in [1.29, 1.82) is 0 Å². The maximum atomic E-state index is 13.9. The molecule has 174 valence electrons. The van der Waals surface area contributed by atoms with Crippen LogP contribution in [0.3, 0.4) is 0 Å². The molecular formula is C23H31FN4O4. The molecule has 3 aliphatic rings. The first-order valence-corrected chi connectivity index (χ1v) is 11.3. The lowest BCUT2D eigenvalue weighted by Crippen LogP contribution is -2.54. The lowest BCUT2D eigenvalue weighted by molar-refractivity contribution is -0.135. The van der Waals surface area contributed by atoms with E-state index in [0.29, 0.717) is 57.8 Å². The molecule has 32 heavy (non-hydrogen) atoms. The van der Waals surface area contributed by atoms with E-state index in [2.05, 4.69) is 10.2 Å². The molecule has 0 saturated carbocycles. The highest BCUT2D eigenvalue weighted by Gasteiger charge is 2.52. The third kappa shape index (κ3) is 4.63. The van der Waals surface area contributed by atoms with Crippen LogP contribution in [0.25, 0.3) is 0 Å². The van der Waals surface area contributed by atoms with Gasteiger partial charge in [-0.05, 0) is 37.3 Å². The summed E-state index contributed by atoms with van der Waals surface area (Å²) in [5, 5.41) is 2.92. The van der Waals surface area contributed by atoms with Gasteiger partial charge in [-0.1, -0.05) is 18.2 Å². The Morgan fingerprint density at radius 3 is 2.50 bits per heavy atom. The van der Waals surface area contributed by atoms with Crippen molar-refractivity contribution in [2.75, 3.05) is 52.5 Å². The first kappa shape index (κ1) is 22.7. The Labute approximate surface area is 187 Å². The summed E-state index contributed by atoms with van der Waals surface area (Å²) in [6.45, 7) is 6.74. The third-order valence-electron chi connectivity index (χ3n) is 7.01. The summed E-state index contributed by atoms with van der Waals surface area (Å²) in [6, 6.07) is 5.96. The molecule has 0 aromatic heterocycles. The fourth-order valence-corrected chi connectivity index (χ4v) is 4.88. The summed E-state index contributed by atoms with van der Waals surface area (Å²) in [4.78, 5) is 43.6. The van der Waals surface area contributed by atoms with Crippen molar-refractivity contribution in [2.45, 2.75) is 31.7 Å². The predicted molar refractivity (Wildman–Crippen MR) is 115 cm³/mol. The van der Waals surface area contributed by atoms with Crippen molar-refractivity contribution in [3.8, 4) is 0 Å². The molecule has 0 aliphatic carbocycles. The van der Waals surface area contributed by atoms with E-state index < -0.39 is 5.54 Å². The van der Waals surface area contributed by atoms with E-state index >= 15 is 0 Å². The van der Waals surface area contributed by atoms with Crippen LogP contribution in [0.2, 0.25) is 0 Å². The van der Waals surface area contributed by atoms with Gasteiger partial charge < -0.3 is 15.0 Å². The summed E-state index contributed by atoms with van der Waals surface area (Å²) in [5.41, 5.74) is -0.566. The number of nitrogens with one attached hydrogen (secondary N) is 1. The standard InChI is InChI=1S/C23H31FN4O4/c1-23(21(30)28(22(31)25-23)11-10-26-12-14-32-15-13-26)18-6-8-27(9-7-18)20(29)16-17-4-2-3-5-19(17)24/h2-5,18H,6-16H2,1H3,(H,25,31). The number of nitrogens with zero attached hydrogens (tertiary/aromatic N) is 3. The minimum atomic E-state index is -0.956. The number of carbonyl (C=O) groups excluding carboxylic acids is 3. The van der Waals surface area contributed by atoms with Gasteiger partial charge in [0.2, 0.25) is 5.91 Å². The van der Waals surface area contributed by atoms with E-state index in [1.807, 2.05) is 0 Å². The van der Waals surface area contributed by atoms with Crippen molar-refractivity contribution in [1.82, 2.24) is 20.0 Å². The Hall–Kier alpha value is -2.52. The minimum absolute atomic E-state index is 0.0274. The van der Waals surface area contributed by atoms with Crippen molar-refractivity contribution in [3.05, 3.63) is 35.6 Å². The highest BCUT2D eigenvalue weighted by Crippen LogP contribution is 2.33. The normalized spacial score (nSPS) is 25.3. The highest BCUT2D eigenvalue weighted by atomic mass is 19.1. The zero-order chi connectivity index (χ0) is 22.7. The van der Waals surface area contributed by atoms with Crippen molar-refractivity contribution < 1.29 is 23.5 Å². The lowest BCUT2D eigenvalue weighted by Gasteiger charge is -2.39. The van der Waals surface area contributed by atoms with Gasteiger partial charge in [-0.3, -0.25) is 19.4 Å². The predicted octanol–water partition coefficient (Wildman–Crippen LogP) is 1.25. The largest absolute Gasteiger partial charge is 0.379 e. The van der Waals surface area contributed by atoms with Gasteiger partial charge in [0.25, 0.3) is 5.91 Å². The van der Waals surface area contributed by atoms with Crippen LogP contribution in [0.5, 0.6) is 0 Å². The molecular weight excluding hydrogens is 415 g/mol. The molecule has 1 unspecified atom stereocenters. The van der Waals surface area contributed by atoms with E-state index in [1.165, 1.54) is 11.0 Å². The third-order valence-corrected chi connectivity index (χ3v) is 7.01. The molecule has 1 aromatic carbocycles. The molecule has 0 bridgehead atoms. The number of benzene rings is 1. The smallest absolute Gasteiger partial charge is 0.325 e. The van der Waals surface area contributed by atoms with Crippen LogP contribution in [0.4, 0.5) is 9.18 Å². The summed E-state index contributed by atoms with van der Waals surface area (Å²) in [6.07, 6.45) is 1.26. The van der Waals surface area contributed by atoms with E-state index in [-0.39, 0.29) is 36.0 Å². The van der Waals surface area contributed by atoms with E-state index in [0.717, 1.165) is 13.1 Å². The molecule has 9 heteroatoms. The molecule has 3 aliphatic heterocycles. The molecule has 3 heterocycles. The van der Waals surface area contributed by atoms with E-state index in [9.17, 15) is 18.8 Å². The van der Waals surface area contributed by atoms with Gasteiger partial charge in [0.15, 0.2) is 0 Å². The number of urea groups is 1. The molecule has 8 nitrogen and oxygen atoms in total. The molecule has 4 amide bonds. The number of likely N-dealkylation sites (tertiary alicyclic amines) is 1. The molecule has 4 rings (SSSR count). The van der Waals surface area contributed by atoms with Crippen LogP contribution in [-0.2, 0) is 20.7 Å².